The molecule has 10 heteroatoms. The van der Waals surface area contributed by atoms with Crippen LogP contribution in [0.5, 0.6) is 0 Å². The van der Waals surface area contributed by atoms with Gasteiger partial charge in [0, 0.05) is 37.5 Å². The van der Waals surface area contributed by atoms with Crippen LogP contribution in [0.4, 0.5) is 5.69 Å². The number of nitrogens with zero attached hydrogens (tertiary/aromatic N) is 3. The zero-order valence-electron chi connectivity index (χ0n) is 10.9. The van der Waals surface area contributed by atoms with Gasteiger partial charge in [0.15, 0.2) is 0 Å². The monoisotopic (exact) mass is 330 g/mol. The number of aromatic nitrogens is 2. The summed E-state index contributed by atoms with van der Waals surface area (Å²) in [5.74, 6) is 0. The largest absolute Gasteiger partial charge is 0.275 e. The van der Waals surface area contributed by atoms with Gasteiger partial charge in [0.2, 0.25) is 10.0 Å². The first-order valence-corrected chi connectivity index (χ1v) is 7.57. The van der Waals surface area contributed by atoms with E-state index in [0.29, 0.717) is 5.56 Å². The van der Waals surface area contributed by atoms with Crippen molar-refractivity contribution >= 4 is 27.3 Å². The van der Waals surface area contributed by atoms with Gasteiger partial charge in [-0.05, 0) is 6.07 Å². The minimum absolute atomic E-state index is 0.00912. The molecular weight excluding hydrogens is 320 g/mol. The van der Waals surface area contributed by atoms with Crippen LogP contribution in [-0.2, 0) is 23.6 Å². The Hall–Kier alpha value is -1.97. The van der Waals surface area contributed by atoms with Gasteiger partial charge in [-0.15, -0.1) is 0 Å². The Labute approximate surface area is 125 Å². The summed E-state index contributed by atoms with van der Waals surface area (Å²) in [6, 6.07) is 3.24. The second-order valence-electron chi connectivity index (χ2n) is 4.22. The number of hydrogen-bond donors (Lipinski definition) is 1. The van der Waals surface area contributed by atoms with Crippen molar-refractivity contribution in [1.29, 1.82) is 0 Å². The van der Waals surface area contributed by atoms with Crippen LogP contribution < -0.4 is 4.72 Å². The number of nitro benzene ring substituents is 1. The number of hydrogen-bond acceptors (Lipinski definition) is 5. The third-order valence-electron chi connectivity index (χ3n) is 2.64. The van der Waals surface area contributed by atoms with Crippen molar-refractivity contribution in [3.63, 3.8) is 0 Å². The predicted octanol–water partition coefficient (Wildman–Crippen LogP) is 1.46. The molecule has 2 aromatic rings. The van der Waals surface area contributed by atoms with E-state index in [1.807, 2.05) is 0 Å². The summed E-state index contributed by atoms with van der Waals surface area (Å²) in [5.41, 5.74) is 0.309. The smallest absolute Gasteiger partial charge is 0.270 e. The normalized spacial score (nSPS) is 11.5. The third kappa shape index (κ3) is 3.57. The second-order valence-corrected chi connectivity index (χ2v) is 6.36. The molecule has 21 heavy (non-hydrogen) atoms. The van der Waals surface area contributed by atoms with E-state index in [-0.39, 0.29) is 22.2 Å². The standard InChI is InChI=1S/C11H11ClN4O4S/c1-15-7-8(5-13-15)6-14-21(19,20)11-4-9(16(17)18)2-3-10(11)12/h2-5,7,14H,6H2,1H3. The van der Waals surface area contributed by atoms with E-state index in [0.717, 1.165) is 12.1 Å². The zero-order chi connectivity index (χ0) is 15.6. The molecule has 8 nitrogen and oxygen atoms in total. The maximum Gasteiger partial charge on any atom is 0.270 e. The zero-order valence-corrected chi connectivity index (χ0v) is 12.4. The highest BCUT2D eigenvalue weighted by molar-refractivity contribution is 7.89. The first kappa shape index (κ1) is 15.4. The van der Waals surface area contributed by atoms with Gasteiger partial charge in [0.25, 0.3) is 5.69 Å². The fourth-order valence-corrected chi connectivity index (χ4v) is 3.17. The number of nitro groups is 1. The van der Waals surface area contributed by atoms with Crippen LogP contribution in [-0.4, -0.2) is 23.1 Å². The van der Waals surface area contributed by atoms with E-state index >= 15 is 0 Å². The highest BCUT2D eigenvalue weighted by Gasteiger charge is 2.21. The number of sulfonamides is 1. The molecule has 1 heterocycles. The summed E-state index contributed by atoms with van der Waals surface area (Å²) in [6.07, 6.45) is 3.16. The third-order valence-corrected chi connectivity index (χ3v) is 4.52. The quantitative estimate of drug-likeness (QED) is 0.659. The molecule has 0 saturated carbocycles. The van der Waals surface area contributed by atoms with E-state index in [1.54, 1.807) is 13.2 Å². The number of non-ortho nitro benzene ring substituents is 1. The Balaban J connectivity index is 2.26. The van der Waals surface area contributed by atoms with Gasteiger partial charge >= 0.3 is 0 Å². The minimum Gasteiger partial charge on any atom is -0.275 e. The van der Waals surface area contributed by atoms with Crippen LogP contribution in [0.2, 0.25) is 5.02 Å². The molecule has 0 spiro atoms. The lowest BCUT2D eigenvalue weighted by Gasteiger charge is -2.07. The Morgan fingerprint density at radius 2 is 2.19 bits per heavy atom. The second kappa shape index (κ2) is 5.80. The van der Waals surface area contributed by atoms with Gasteiger partial charge < -0.3 is 0 Å². The summed E-state index contributed by atoms with van der Waals surface area (Å²) in [5, 5.41) is 14.5. The summed E-state index contributed by atoms with van der Waals surface area (Å²) in [4.78, 5) is 9.69. The molecule has 0 saturated heterocycles. The Bertz CT molecular complexity index is 787. The van der Waals surface area contributed by atoms with Crippen molar-refractivity contribution in [2.45, 2.75) is 11.4 Å². The molecule has 0 aliphatic rings. The van der Waals surface area contributed by atoms with Gasteiger partial charge in [-0.25, -0.2) is 13.1 Å². The van der Waals surface area contributed by atoms with Crippen LogP contribution in [0.1, 0.15) is 5.56 Å². The van der Waals surface area contributed by atoms with Gasteiger partial charge in [-0.3, -0.25) is 14.8 Å². The number of benzene rings is 1. The molecule has 1 aromatic heterocycles. The van der Waals surface area contributed by atoms with Crippen LogP contribution in [0.25, 0.3) is 0 Å². The van der Waals surface area contributed by atoms with E-state index in [2.05, 4.69) is 9.82 Å². The maximum absolute atomic E-state index is 12.2. The molecule has 2 rings (SSSR count). The molecule has 0 fully saturated rings. The van der Waals surface area contributed by atoms with E-state index in [1.165, 1.54) is 16.9 Å². The van der Waals surface area contributed by atoms with Gasteiger partial charge in [-0.2, -0.15) is 5.10 Å². The lowest BCUT2D eigenvalue weighted by Crippen LogP contribution is -2.23. The Kier molecular flexibility index (Phi) is 4.26. The molecule has 0 atom stereocenters. The first-order valence-electron chi connectivity index (χ1n) is 5.71. The molecular formula is C11H11ClN4O4S. The van der Waals surface area contributed by atoms with E-state index in [9.17, 15) is 18.5 Å². The average Bonchev–Trinajstić information content (AvgIpc) is 2.82. The van der Waals surface area contributed by atoms with E-state index in [4.69, 9.17) is 11.6 Å². The van der Waals surface area contributed by atoms with Gasteiger partial charge in [-0.1, -0.05) is 11.6 Å². The van der Waals surface area contributed by atoms with E-state index < -0.39 is 14.9 Å². The fourth-order valence-electron chi connectivity index (χ4n) is 1.63. The molecule has 0 unspecified atom stereocenters. The van der Waals surface area contributed by atoms with Gasteiger partial charge in [0.05, 0.1) is 16.1 Å². The molecule has 0 amide bonds. The number of halogens is 1. The molecule has 0 bridgehead atoms. The van der Waals surface area contributed by atoms with Crippen molar-refractivity contribution in [1.82, 2.24) is 14.5 Å². The minimum atomic E-state index is -3.96. The topological polar surface area (TPSA) is 107 Å². The summed E-state index contributed by atoms with van der Waals surface area (Å²) in [7, 11) is -2.26. The summed E-state index contributed by atoms with van der Waals surface area (Å²) < 4.78 is 28.2. The molecule has 1 N–H and O–H groups in total. The highest BCUT2D eigenvalue weighted by Crippen LogP contribution is 2.26. The number of aryl methyl sites for hydroxylation is 1. The molecule has 1 aromatic carbocycles. The van der Waals surface area contributed by atoms with Crippen LogP contribution in [0, 0.1) is 10.1 Å². The predicted molar refractivity (Wildman–Crippen MR) is 75.3 cm³/mol. The lowest BCUT2D eigenvalue weighted by atomic mass is 10.3. The Morgan fingerprint density at radius 3 is 2.76 bits per heavy atom. The van der Waals surface area contributed by atoms with Crippen LogP contribution >= 0.6 is 11.6 Å². The van der Waals surface area contributed by atoms with Crippen molar-refractivity contribution in [2.24, 2.45) is 7.05 Å². The molecule has 0 radical (unpaired) electrons. The fraction of sp³-hybridized carbons (Fsp3) is 0.182. The summed E-state index contributed by atoms with van der Waals surface area (Å²) in [6.45, 7) is 0.00912. The van der Waals surface area contributed by atoms with Crippen LogP contribution in [0.3, 0.4) is 0 Å². The van der Waals surface area contributed by atoms with Crippen molar-refractivity contribution < 1.29 is 13.3 Å². The Morgan fingerprint density at radius 1 is 1.48 bits per heavy atom. The molecule has 0 aliphatic carbocycles. The summed E-state index contributed by atoms with van der Waals surface area (Å²) >= 11 is 5.81. The van der Waals surface area contributed by atoms with Gasteiger partial charge in [0.1, 0.15) is 4.90 Å². The first-order chi connectivity index (χ1) is 9.79. The molecule has 0 aliphatic heterocycles. The van der Waals surface area contributed by atoms with Crippen molar-refractivity contribution in [3.8, 4) is 0 Å². The highest BCUT2D eigenvalue weighted by atomic mass is 35.5. The maximum atomic E-state index is 12.2. The lowest BCUT2D eigenvalue weighted by molar-refractivity contribution is -0.385. The molecule has 112 valence electrons. The SMILES string of the molecule is Cn1cc(CNS(=O)(=O)c2cc([N+](=O)[O-])ccc2Cl)cn1. The number of nitrogens with one attached hydrogen (secondary N) is 1. The van der Waals surface area contributed by atoms with Crippen LogP contribution in [0.15, 0.2) is 35.5 Å². The average molecular weight is 331 g/mol. The van der Waals surface area contributed by atoms with Crippen molar-refractivity contribution in [2.75, 3.05) is 0 Å². The number of rotatable bonds is 5. The van der Waals surface area contributed by atoms with Crippen molar-refractivity contribution in [3.05, 3.63) is 51.3 Å².